The lowest BCUT2D eigenvalue weighted by Crippen LogP contribution is -2.96. The van der Waals surface area contributed by atoms with Gasteiger partial charge in [0, 0.05) is 11.8 Å². The molecule has 3 N–H and O–H groups in total. The highest BCUT2D eigenvalue weighted by molar-refractivity contribution is 6.11. The van der Waals surface area contributed by atoms with E-state index in [9.17, 15) is 5.11 Å². The number of quaternary nitrogens is 1. The third-order valence-electron chi connectivity index (χ3n) is 3.38. The second kappa shape index (κ2) is 8.57. The Kier molecular flexibility index (Phi) is 6.46. The number of nitrogens with two attached hydrogens (primary N) is 1. The van der Waals surface area contributed by atoms with Crippen LogP contribution < -0.4 is 5.32 Å². The van der Waals surface area contributed by atoms with Crippen molar-refractivity contribution < 1.29 is 15.3 Å². The van der Waals surface area contributed by atoms with Gasteiger partial charge in [-0.2, -0.15) is 0 Å². The second-order valence-electron chi connectivity index (χ2n) is 6.78. The van der Waals surface area contributed by atoms with Crippen LogP contribution in [0.5, 0.6) is 0 Å². The van der Waals surface area contributed by atoms with Gasteiger partial charge in [0.05, 0.1) is 11.2 Å². The number of hydrogen-bond acceptors (Lipinski definition) is 4. The summed E-state index contributed by atoms with van der Waals surface area (Å²) in [6, 6.07) is 15.4. The first-order valence-corrected chi connectivity index (χ1v) is 8.15. The van der Waals surface area contributed by atoms with Crippen LogP contribution in [0.3, 0.4) is 0 Å². The predicted molar refractivity (Wildman–Crippen MR) is 94.8 cm³/mol. The molecule has 2 rings (SSSR count). The fraction of sp³-hybridized carbons (Fsp3) is 0.368. The Bertz CT molecular complexity index is 595. The molecule has 1 aromatic carbocycles. The van der Waals surface area contributed by atoms with E-state index in [4.69, 9.17) is 4.84 Å². The van der Waals surface area contributed by atoms with Crippen LogP contribution in [0.15, 0.2) is 59.9 Å². The number of benzene rings is 1. The van der Waals surface area contributed by atoms with Gasteiger partial charge in [-0.1, -0.05) is 41.6 Å². The summed E-state index contributed by atoms with van der Waals surface area (Å²) in [4.78, 5) is 9.75. The maximum absolute atomic E-state index is 10.0. The minimum atomic E-state index is -0.575. The lowest BCUT2D eigenvalue weighted by atomic mass is 10.1. The monoisotopic (exact) mass is 328 g/mol. The molecule has 0 unspecified atom stereocenters. The minimum Gasteiger partial charge on any atom is -0.392 e. The van der Waals surface area contributed by atoms with Crippen LogP contribution in [0, 0.1) is 0 Å². The third-order valence-corrected chi connectivity index (χ3v) is 3.38. The van der Waals surface area contributed by atoms with Crippen LogP contribution in [0.1, 0.15) is 32.0 Å². The molecule has 1 heterocycles. The van der Waals surface area contributed by atoms with Crippen LogP contribution in [-0.4, -0.2) is 40.6 Å². The Morgan fingerprint density at radius 1 is 1.17 bits per heavy atom. The van der Waals surface area contributed by atoms with Gasteiger partial charge in [0.25, 0.3) is 0 Å². The standard InChI is InChI=1S/C19H25N3O2/c1-19(2,3)21-13-16(23)14-24-22-18(15-9-5-4-6-10-15)17-11-7-8-12-20-17/h4-12,16,21,23H,13-14H2,1-3H3/p+1/b22-18+/t16-/m0/s1. The first-order chi connectivity index (χ1) is 11.5. The fourth-order valence-electron chi connectivity index (χ4n) is 2.09. The molecule has 0 fully saturated rings. The lowest BCUT2D eigenvalue weighted by molar-refractivity contribution is -0.722. The van der Waals surface area contributed by atoms with E-state index in [0.29, 0.717) is 12.3 Å². The minimum absolute atomic E-state index is 0.0768. The number of nitrogens with zero attached hydrogens (tertiary/aromatic N) is 2. The van der Waals surface area contributed by atoms with Crippen molar-refractivity contribution in [3.8, 4) is 0 Å². The summed E-state index contributed by atoms with van der Waals surface area (Å²) >= 11 is 0. The zero-order valence-electron chi connectivity index (χ0n) is 14.5. The van der Waals surface area contributed by atoms with Gasteiger partial charge in [-0.15, -0.1) is 0 Å². The van der Waals surface area contributed by atoms with Gasteiger partial charge in [0.1, 0.15) is 25.0 Å². The highest BCUT2D eigenvalue weighted by Crippen LogP contribution is 2.09. The molecule has 2 aromatic rings. The molecule has 1 atom stereocenters. The summed E-state index contributed by atoms with van der Waals surface area (Å²) in [5.41, 5.74) is 2.39. The Labute approximate surface area is 143 Å². The second-order valence-corrected chi connectivity index (χ2v) is 6.78. The van der Waals surface area contributed by atoms with Crippen LogP contribution >= 0.6 is 0 Å². The molecular formula is C19H26N3O2+. The molecule has 1 aromatic heterocycles. The molecule has 0 aliphatic rings. The quantitative estimate of drug-likeness (QED) is 0.599. The highest BCUT2D eigenvalue weighted by Gasteiger charge is 2.16. The molecule has 0 bridgehead atoms. The van der Waals surface area contributed by atoms with Gasteiger partial charge in [-0.25, -0.2) is 0 Å². The molecule has 0 spiro atoms. The van der Waals surface area contributed by atoms with Crippen LogP contribution in [-0.2, 0) is 4.84 Å². The number of rotatable bonds is 7. The van der Waals surface area contributed by atoms with Crippen molar-refractivity contribution in [1.29, 1.82) is 0 Å². The normalized spacial score (nSPS) is 13.6. The van der Waals surface area contributed by atoms with Gasteiger partial charge >= 0.3 is 0 Å². The summed E-state index contributed by atoms with van der Waals surface area (Å²) in [7, 11) is 0. The number of hydrogen-bond donors (Lipinski definition) is 2. The smallest absolute Gasteiger partial charge is 0.148 e. The van der Waals surface area contributed by atoms with Crippen LogP contribution in [0.2, 0.25) is 0 Å². The summed E-state index contributed by atoms with van der Waals surface area (Å²) < 4.78 is 0. The molecule has 0 amide bonds. The predicted octanol–water partition coefficient (Wildman–Crippen LogP) is 1.57. The van der Waals surface area contributed by atoms with E-state index in [1.54, 1.807) is 6.20 Å². The third kappa shape index (κ3) is 6.10. The van der Waals surface area contributed by atoms with E-state index in [1.807, 2.05) is 48.5 Å². The first kappa shape index (κ1) is 18.1. The van der Waals surface area contributed by atoms with Gasteiger partial charge in [0.2, 0.25) is 0 Å². The lowest BCUT2D eigenvalue weighted by Gasteiger charge is -2.18. The largest absolute Gasteiger partial charge is 0.392 e. The average molecular weight is 328 g/mol. The first-order valence-electron chi connectivity index (χ1n) is 8.15. The van der Waals surface area contributed by atoms with E-state index < -0.39 is 6.10 Å². The van der Waals surface area contributed by atoms with Gasteiger partial charge in [0.15, 0.2) is 0 Å². The van der Waals surface area contributed by atoms with E-state index in [0.717, 1.165) is 11.3 Å². The molecule has 5 nitrogen and oxygen atoms in total. The fourth-order valence-corrected chi connectivity index (χ4v) is 2.09. The number of aliphatic hydroxyl groups is 1. The Balaban J connectivity index is 2.04. The Hall–Kier alpha value is -2.24. The van der Waals surface area contributed by atoms with Crippen molar-refractivity contribution in [3.05, 3.63) is 66.0 Å². The number of pyridine rings is 1. The Morgan fingerprint density at radius 3 is 2.50 bits per heavy atom. The van der Waals surface area contributed by atoms with E-state index in [1.165, 1.54) is 0 Å². The molecule has 24 heavy (non-hydrogen) atoms. The maximum Gasteiger partial charge on any atom is 0.148 e. The van der Waals surface area contributed by atoms with Crippen molar-refractivity contribution in [2.45, 2.75) is 32.4 Å². The average Bonchev–Trinajstić information content (AvgIpc) is 2.58. The Morgan fingerprint density at radius 2 is 1.88 bits per heavy atom. The molecular weight excluding hydrogens is 302 g/mol. The van der Waals surface area contributed by atoms with Gasteiger partial charge < -0.3 is 15.3 Å². The number of oxime groups is 1. The molecule has 0 aliphatic heterocycles. The topological polar surface area (TPSA) is 71.3 Å². The molecule has 0 radical (unpaired) electrons. The summed E-state index contributed by atoms with van der Waals surface area (Å²) in [6.07, 6.45) is 1.15. The SMILES string of the molecule is CC(C)(C)[NH2+]C[C@H](O)CO/N=C(\c1ccccc1)c1ccccn1. The summed E-state index contributed by atoms with van der Waals surface area (Å²) in [5, 5.41) is 16.3. The number of aromatic nitrogens is 1. The van der Waals surface area contributed by atoms with Gasteiger partial charge in [-0.3, -0.25) is 4.98 Å². The van der Waals surface area contributed by atoms with Crippen molar-refractivity contribution in [2.75, 3.05) is 13.2 Å². The van der Waals surface area contributed by atoms with E-state index >= 15 is 0 Å². The zero-order valence-corrected chi connectivity index (χ0v) is 14.5. The van der Waals surface area contributed by atoms with Crippen molar-refractivity contribution in [3.63, 3.8) is 0 Å². The highest BCUT2D eigenvalue weighted by atomic mass is 16.6. The zero-order chi connectivity index (χ0) is 17.4. The van der Waals surface area contributed by atoms with Gasteiger partial charge in [-0.05, 0) is 32.9 Å². The van der Waals surface area contributed by atoms with Crippen molar-refractivity contribution >= 4 is 5.71 Å². The van der Waals surface area contributed by atoms with Crippen molar-refractivity contribution in [2.24, 2.45) is 5.16 Å². The van der Waals surface area contributed by atoms with Crippen molar-refractivity contribution in [1.82, 2.24) is 4.98 Å². The van der Waals surface area contributed by atoms with E-state index in [-0.39, 0.29) is 12.1 Å². The summed E-state index contributed by atoms with van der Waals surface area (Å²) in [6.45, 7) is 7.03. The van der Waals surface area contributed by atoms with E-state index in [2.05, 4.69) is 36.2 Å². The van der Waals surface area contributed by atoms with Crippen LogP contribution in [0.25, 0.3) is 0 Å². The molecule has 128 valence electrons. The molecule has 0 saturated heterocycles. The summed E-state index contributed by atoms with van der Waals surface area (Å²) in [5.74, 6) is 0. The molecule has 5 heteroatoms. The molecule has 0 aliphatic carbocycles. The van der Waals surface area contributed by atoms with Crippen LogP contribution in [0.4, 0.5) is 0 Å². The number of aliphatic hydroxyl groups excluding tert-OH is 1. The maximum atomic E-state index is 10.0. The molecule has 0 saturated carbocycles.